The lowest BCUT2D eigenvalue weighted by Crippen LogP contribution is -2.46. The van der Waals surface area contributed by atoms with E-state index in [4.69, 9.17) is 4.74 Å². The Balaban J connectivity index is 1.58. The van der Waals surface area contributed by atoms with Crippen LogP contribution in [0.1, 0.15) is 33.1 Å². The summed E-state index contributed by atoms with van der Waals surface area (Å²) in [6, 6.07) is 24.6. The van der Waals surface area contributed by atoms with E-state index in [9.17, 15) is 9.59 Å². The highest BCUT2D eigenvalue weighted by molar-refractivity contribution is 5.95. The van der Waals surface area contributed by atoms with Gasteiger partial charge in [-0.05, 0) is 42.3 Å². The highest BCUT2D eigenvalue weighted by atomic mass is 16.5. The predicted molar refractivity (Wildman–Crippen MR) is 116 cm³/mol. The molecule has 3 N–H and O–H groups in total. The van der Waals surface area contributed by atoms with Crippen molar-refractivity contribution in [2.45, 2.75) is 13.0 Å². The Morgan fingerprint density at radius 2 is 1.47 bits per heavy atom. The summed E-state index contributed by atoms with van der Waals surface area (Å²) in [7, 11) is 1.56. The molecule has 3 aromatic carbocycles. The van der Waals surface area contributed by atoms with Crippen molar-refractivity contribution in [3.8, 4) is 5.75 Å². The molecule has 0 spiro atoms. The predicted octanol–water partition coefficient (Wildman–Crippen LogP) is 3.14. The Bertz CT molecular complexity index is 971. The van der Waals surface area contributed by atoms with Crippen LogP contribution in [0.15, 0.2) is 78.9 Å². The van der Waals surface area contributed by atoms with Gasteiger partial charge in [0, 0.05) is 5.56 Å². The van der Waals surface area contributed by atoms with Gasteiger partial charge in [-0.2, -0.15) is 0 Å². The first kappa shape index (κ1) is 21.1. The van der Waals surface area contributed by atoms with Crippen molar-refractivity contribution in [1.82, 2.24) is 16.2 Å². The first-order chi connectivity index (χ1) is 14.6. The molecule has 0 aliphatic heterocycles. The van der Waals surface area contributed by atoms with Gasteiger partial charge in [0.25, 0.3) is 11.8 Å². The van der Waals surface area contributed by atoms with Gasteiger partial charge in [-0.15, -0.1) is 0 Å². The summed E-state index contributed by atoms with van der Waals surface area (Å²) in [5.41, 5.74) is 8.57. The molecule has 2 amide bonds. The molecule has 154 valence electrons. The average molecular weight is 403 g/mol. The quantitative estimate of drug-likeness (QED) is 0.530. The van der Waals surface area contributed by atoms with E-state index < -0.39 is 5.91 Å². The zero-order chi connectivity index (χ0) is 21.3. The van der Waals surface area contributed by atoms with Gasteiger partial charge in [0.05, 0.1) is 19.7 Å². The summed E-state index contributed by atoms with van der Waals surface area (Å²) in [4.78, 5) is 24.5. The first-order valence-corrected chi connectivity index (χ1v) is 9.65. The number of carbonyl (C=O) groups is 2. The normalized spacial score (nSPS) is 11.4. The molecule has 0 bridgehead atoms. The van der Waals surface area contributed by atoms with Gasteiger partial charge in [0.1, 0.15) is 5.75 Å². The van der Waals surface area contributed by atoms with Gasteiger partial charge in [0.2, 0.25) is 0 Å². The fraction of sp³-hybridized carbons (Fsp3) is 0.167. The third-order valence-electron chi connectivity index (χ3n) is 4.68. The summed E-state index contributed by atoms with van der Waals surface area (Å²) in [5, 5.41) is 3.27. The van der Waals surface area contributed by atoms with Crippen LogP contribution in [0, 0.1) is 6.92 Å². The smallest absolute Gasteiger partial charge is 0.269 e. The second-order valence-corrected chi connectivity index (χ2v) is 6.87. The molecule has 0 aromatic heterocycles. The Morgan fingerprint density at radius 3 is 2.10 bits per heavy atom. The largest absolute Gasteiger partial charge is 0.497 e. The number of hydrogen-bond acceptors (Lipinski definition) is 4. The Morgan fingerprint density at radius 1 is 0.833 bits per heavy atom. The summed E-state index contributed by atoms with van der Waals surface area (Å²) in [6.07, 6.45) is 0. The minimum atomic E-state index is -0.399. The minimum absolute atomic E-state index is 0.0380. The summed E-state index contributed by atoms with van der Waals surface area (Å²) in [6.45, 7) is 2.07. The van der Waals surface area contributed by atoms with Crippen LogP contribution < -0.4 is 20.9 Å². The Labute approximate surface area is 176 Å². The molecular formula is C24H25N3O3. The molecule has 3 rings (SSSR count). The maximum absolute atomic E-state index is 12.3. The number of hydrazine groups is 1. The standard InChI is InChI=1S/C24H25N3O3/c1-17-8-10-19(11-9-17)23(18-6-4-3-5-7-18)25-16-22(28)26-27-24(29)20-12-14-21(30-2)15-13-20/h3-15,23,25H,16H2,1-2H3,(H,26,28)(H,27,29)/t23-/m1/s1. The van der Waals surface area contributed by atoms with Gasteiger partial charge in [-0.25, -0.2) is 0 Å². The lowest BCUT2D eigenvalue weighted by molar-refractivity contribution is -0.121. The molecule has 0 saturated carbocycles. The average Bonchev–Trinajstić information content (AvgIpc) is 2.79. The summed E-state index contributed by atoms with van der Waals surface area (Å²) < 4.78 is 5.07. The Hall–Kier alpha value is -3.64. The molecule has 0 aliphatic carbocycles. The monoisotopic (exact) mass is 403 g/mol. The molecule has 0 radical (unpaired) electrons. The third-order valence-corrected chi connectivity index (χ3v) is 4.68. The van der Waals surface area contributed by atoms with Crippen LogP contribution >= 0.6 is 0 Å². The van der Waals surface area contributed by atoms with Crippen LogP contribution in [0.25, 0.3) is 0 Å². The molecular weight excluding hydrogens is 378 g/mol. The van der Waals surface area contributed by atoms with Crippen molar-refractivity contribution in [3.63, 3.8) is 0 Å². The van der Waals surface area contributed by atoms with Crippen LogP contribution in [0.3, 0.4) is 0 Å². The third kappa shape index (κ3) is 5.68. The first-order valence-electron chi connectivity index (χ1n) is 9.65. The molecule has 6 nitrogen and oxygen atoms in total. The molecule has 6 heteroatoms. The van der Waals surface area contributed by atoms with Crippen molar-refractivity contribution in [2.75, 3.05) is 13.7 Å². The number of aryl methyl sites for hydroxylation is 1. The zero-order valence-corrected chi connectivity index (χ0v) is 17.0. The van der Waals surface area contributed by atoms with Crippen molar-refractivity contribution < 1.29 is 14.3 Å². The number of methoxy groups -OCH3 is 1. The van der Waals surface area contributed by atoms with Gasteiger partial charge in [-0.3, -0.25) is 25.8 Å². The molecule has 0 fully saturated rings. The highest BCUT2D eigenvalue weighted by Gasteiger charge is 2.15. The fourth-order valence-corrected chi connectivity index (χ4v) is 3.01. The van der Waals surface area contributed by atoms with Crippen molar-refractivity contribution in [3.05, 3.63) is 101 Å². The maximum Gasteiger partial charge on any atom is 0.269 e. The molecule has 1 atom stereocenters. The lowest BCUT2D eigenvalue weighted by atomic mass is 9.98. The molecule has 0 saturated heterocycles. The van der Waals surface area contributed by atoms with E-state index in [2.05, 4.69) is 16.2 Å². The van der Waals surface area contributed by atoms with E-state index in [0.29, 0.717) is 11.3 Å². The molecule has 0 unspecified atom stereocenters. The number of amides is 2. The maximum atomic E-state index is 12.3. The van der Waals surface area contributed by atoms with E-state index in [0.717, 1.165) is 11.1 Å². The topological polar surface area (TPSA) is 79.5 Å². The number of nitrogens with one attached hydrogen (secondary N) is 3. The zero-order valence-electron chi connectivity index (χ0n) is 17.0. The minimum Gasteiger partial charge on any atom is -0.497 e. The van der Waals surface area contributed by atoms with Crippen LogP contribution in [0.2, 0.25) is 0 Å². The van der Waals surface area contributed by atoms with Crippen LogP contribution in [0.5, 0.6) is 5.75 Å². The second kappa shape index (κ2) is 10.2. The van der Waals surface area contributed by atoms with E-state index in [1.165, 1.54) is 5.56 Å². The second-order valence-electron chi connectivity index (χ2n) is 6.87. The number of rotatable bonds is 7. The number of benzene rings is 3. The molecule has 0 aliphatic rings. The Kier molecular flexibility index (Phi) is 7.19. The summed E-state index contributed by atoms with van der Waals surface area (Å²) in [5.74, 6) is -0.0862. The van der Waals surface area contributed by atoms with Gasteiger partial charge in [-0.1, -0.05) is 60.2 Å². The number of ether oxygens (including phenoxy) is 1. The van der Waals surface area contributed by atoms with Crippen LogP contribution in [0.4, 0.5) is 0 Å². The van der Waals surface area contributed by atoms with E-state index in [1.807, 2.05) is 61.5 Å². The number of hydrogen-bond donors (Lipinski definition) is 3. The SMILES string of the molecule is COc1ccc(C(=O)NNC(=O)CN[C@H](c2ccccc2)c2ccc(C)cc2)cc1. The highest BCUT2D eigenvalue weighted by Crippen LogP contribution is 2.22. The van der Waals surface area contributed by atoms with E-state index in [1.54, 1.807) is 31.4 Å². The number of carbonyl (C=O) groups excluding carboxylic acids is 2. The van der Waals surface area contributed by atoms with Gasteiger partial charge < -0.3 is 4.74 Å². The fourth-order valence-electron chi connectivity index (χ4n) is 3.01. The van der Waals surface area contributed by atoms with Crippen molar-refractivity contribution in [1.29, 1.82) is 0 Å². The lowest BCUT2D eigenvalue weighted by Gasteiger charge is -2.20. The van der Waals surface area contributed by atoms with Gasteiger partial charge >= 0.3 is 0 Å². The van der Waals surface area contributed by atoms with Crippen LogP contribution in [-0.4, -0.2) is 25.5 Å². The molecule has 0 heterocycles. The van der Waals surface area contributed by atoms with Crippen molar-refractivity contribution >= 4 is 11.8 Å². The van der Waals surface area contributed by atoms with E-state index >= 15 is 0 Å². The van der Waals surface area contributed by atoms with Crippen LogP contribution in [-0.2, 0) is 4.79 Å². The molecule has 30 heavy (non-hydrogen) atoms. The van der Waals surface area contributed by atoms with Gasteiger partial charge in [0.15, 0.2) is 0 Å². The summed E-state index contributed by atoms with van der Waals surface area (Å²) >= 11 is 0. The van der Waals surface area contributed by atoms with E-state index in [-0.39, 0.29) is 18.5 Å². The van der Waals surface area contributed by atoms with Crippen molar-refractivity contribution in [2.24, 2.45) is 0 Å². The molecule has 3 aromatic rings.